The molecule has 1 aliphatic heterocycles. The molecule has 106 valence electrons. The van der Waals surface area contributed by atoms with Gasteiger partial charge in [0.2, 0.25) is 0 Å². The molecule has 3 rings (SSSR count). The summed E-state index contributed by atoms with van der Waals surface area (Å²) in [7, 11) is 0. The highest BCUT2D eigenvalue weighted by Gasteiger charge is 2.35. The smallest absolute Gasteiger partial charge is 0.261 e. The van der Waals surface area contributed by atoms with Crippen molar-refractivity contribution in [1.29, 1.82) is 0 Å². The van der Waals surface area contributed by atoms with Gasteiger partial charge in [0.05, 0.1) is 17.7 Å². The van der Waals surface area contributed by atoms with Gasteiger partial charge in [-0.15, -0.1) is 0 Å². The number of imide groups is 1. The first-order chi connectivity index (χ1) is 10.1. The van der Waals surface area contributed by atoms with E-state index in [9.17, 15) is 9.59 Å². The van der Waals surface area contributed by atoms with Crippen molar-refractivity contribution in [3.05, 3.63) is 57.7 Å². The molecule has 1 aliphatic rings. The summed E-state index contributed by atoms with van der Waals surface area (Å²) in [5.41, 5.74) is 4.05. The molecule has 2 amide bonds. The maximum atomic E-state index is 12.3. The van der Waals surface area contributed by atoms with E-state index < -0.39 is 0 Å². The zero-order chi connectivity index (χ0) is 15.0. The van der Waals surface area contributed by atoms with Gasteiger partial charge in [-0.2, -0.15) is 0 Å². The molecule has 1 aromatic carbocycles. The lowest BCUT2D eigenvalue weighted by atomic mass is 10.1. The Morgan fingerprint density at radius 2 is 1.90 bits per heavy atom. The van der Waals surface area contributed by atoms with Gasteiger partial charge in [0.25, 0.3) is 11.8 Å². The fourth-order valence-electron chi connectivity index (χ4n) is 2.24. The van der Waals surface area contributed by atoms with Crippen LogP contribution in [0.3, 0.4) is 0 Å². The van der Waals surface area contributed by atoms with Crippen LogP contribution in [-0.4, -0.2) is 21.7 Å². The number of pyridine rings is 1. The molecule has 21 heavy (non-hydrogen) atoms. The third kappa shape index (κ3) is 2.41. The number of fused-ring (bicyclic) bond motifs is 1. The Balaban J connectivity index is 1.91. The molecule has 2 heterocycles. The molecule has 0 saturated carbocycles. The van der Waals surface area contributed by atoms with Crippen LogP contribution in [0, 0.1) is 0 Å². The minimum absolute atomic E-state index is 0.182. The monoisotopic (exact) mass is 346 g/mol. The molecule has 1 aromatic heterocycles. The Bertz CT molecular complexity index is 748. The van der Waals surface area contributed by atoms with Gasteiger partial charge in [-0.3, -0.25) is 14.5 Å². The van der Waals surface area contributed by atoms with Crippen molar-refractivity contribution in [2.24, 2.45) is 5.84 Å². The first kappa shape index (κ1) is 13.7. The molecule has 7 heteroatoms. The maximum absolute atomic E-state index is 12.3. The molecular weight excluding hydrogens is 336 g/mol. The molecule has 0 aliphatic carbocycles. The SMILES string of the molecule is NNc1cc(CN2C(=O)c3ccc(Br)cc3C2=O)ccn1. The van der Waals surface area contributed by atoms with Gasteiger partial charge in [0, 0.05) is 10.7 Å². The topological polar surface area (TPSA) is 88.3 Å². The molecule has 0 saturated heterocycles. The number of aromatic nitrogens is 1. The number of halogens is 1. The number of carbonyl (C=O) groups is 2. The number of rotatable bonds is 3. The van der Waals surface area contributed by atoms with E-state index >= 15 is 0 Å². The number of nitrogens with one attached hydrogen (secondary N) is 1. The molecule has 0 unspecified atom stereocenters. The van der Waals surface area contributed by atoms with Gasteiger partial charge in [-0.25, -0.2) is 10.8 Å². The van der Waals surface area contributed by atoms with E-state index in [2.05, 4.69) is 26.3 Å². The Kier molecular flexibility index (Phi) is 3.44. The van der Waals surface area contributed by atoms with E-state index in [1.165, 1.54) is 4.90 Å². The quantitative estimate of drug-likeness (QED) is 0.503. The molecule has 6 nitrogen and oxygen atoms in total. The van der Waals surface area contributed by atoms with Crippen molar-refractivity contribution in [3.8, 4) is 0 Å². The normalized spacial score (nSPS) is 13.5. The van der Waals surface area contributed by atoms with Gasteiger partial charge >= 0.3 is 0 Å². The van der Waals surface area contributed by atoms with Gasteiger partial charge < -0.3 is 5.43 Å². The molecule has 0 bridgehead atoms. The van der Waals surface area contributed by atoms with Crippen LogP contribution in [0.1, 0.15) is 26.3 Å². The summed E-state index contributed by atoms with van der Waals surface area (Å²) in [6.07, 6.45) is 1.57. The second kappa shape index (κ2) is 5.27. The second-order valence-electron chi connectivity index (χ2n) is 4.58. The average molecular weight is 347 g/mol. The first-order valence-electron chi connectivity index (χ1n) is 6.17. The number of amides is 2. The Hall–Kier alpha value is -2.25. The van der Waals surface area contributed by atoms with E-state index in [1.54, 1.807) is 36.5 Å². The Morgan fingerprint density at radius 1 is 1.14 bits per heavy atom. The van der Waals surface area contributed by atoms with Crippen LogP contribution in [0.5, 0.6) is 0 Å². The van der Waals surface area contributed by atoms with Crippen molar-refractivity contribution in [3.63, 3.8) is 0 Å². The summed E-state index contributed by atoms with van der Waals surface area (Å²) >= 11 is 3.31. The number of anilines is 1. The number of nitrogens with zero attached hydrogens (tertiary/aromatic N) is 2. The Labute approximate surface area is 129 Å². The van der Waals surface area contributed by atoms with E-state index in [-0.39, 0.29) is 18.4 Å². The third-order valence-electron chi connectivity index (χ3n) is 3.25. The minimum atomic E-state index is -0.296. The van der Waals surface area contributed by atoms with E-state index in [0.29, 0.717) is 16.9 Å². The van der Waals surface area contributed by atoms with Crippen LogP contribution in [-0.2, 0) is 6.54 Å². The van der Waals surface area contributed by atoms with Crippen LogP contribution in [0.15, 0.2) is 41.0 Å². The zero-order valence-electron chi connectivity index (χ0n) is 10.8. The molecular formula is C14H11BrN4O2. The van der Waals surface area contributed by atoms with E-state index in [4.69, 9.17) is 5.84 Å². The summed E-state index contributed by atoms with van der Waals surface area (Å²) in [5, 5.41) is 0. The van der Waals surface area contributed by atoms with Crippen molar-refractivity contribution >= 4 is 33.6 Å². The van der Waals surface area contributed by atoms with E-state index in [1.807, 2.05) is 0 Å². The highest BCUT2D eigenvalue weighted by atomic mass is 79.9. The molecule has 3 N–H and O–H groups in total. The predicted octanol–water partition coefficient (Wildman–Crippen LogP) is 1.93. The van der Waals surface area contributed by atoms with Crippen LogP contribution in [0.4, 0.5) is 5.82 Å². The van der Waals surface area contributed by atoms with Crippen LogP contribution in [0.2, 0.25) is 0 Å². The lowest BCUT2D eigenvalue weighted by molar-refractivity contribution is 0.0642. The fraction of sp³-hybridized carbons (Fsp3) is 0.0714. The van der Waals surface area contributed by atoms with Crippen LogP contribution in [0.25, 0.3) is 0 Å². The summed E-state index contributed by atoms with van der Waals surface area (Å²) in [4.78, 5) is 29.9. The number of hydrazine groups is 1. The van der Waals surface area contributed by atoms with E-state index in [0.717, 1.165) is 10.0 Å². The summed E-state index contributed by atoms with van der Waals surface area (Å²) in [5.74, 6) is 5.19. The summed E-state index contributed by atoms with van der Waals surface area (Å²) in [6.45, 7) is 0.182. The molecule has 2 aromatic rings. The third-order valence-corrected chi connectivity index (χ3v) is 3.74. The molecule has 0 fully saturated rings. The summed E-state index contributed by atoms with van der Waals surface area (Å²) < 4.78 is 0.766. The highest BCUT2D eigenvalue weighted by molar-refractivity contribution is 9.10. The van der Waals surface area contributed by atoms with Gasteiger partial charge in [0.15, 0.2) is 0 Å². The number of benzene rings is 1. The van der Waals surface area contributed by atoms with Crippen LogP contribution < -0.4 is 11.3 Å². The number of nitrogen functional groups attached to an aromatic ring is 1. The fourth-order valence-corrected chi connectivity index (χ4v) is 2.60. The van der Waals surface area contributed by atoms with Crippen molar-refractivity contribution in [1.82, 2.24) is 9.88 Å². The van der Waals surface area contributed by atoms with Crippen molar-refractivity contribution in [2.75, 3.05) is 5.43 Å². The lowest BCUT2D eigenvalue weighted by Gasteiger charge is -2.14. The van der Waals surface area contributed by atoms with Crippen molar-refractivity contribution in [2.45, 2.75) is 6.54 Å². The molecule has 0 atom stereocenters. The average Bonchev–Trinajstić information content (AvgIpc) is 2.72. The van der Waals surface area contributed by atoms with Crippen molar-refractivity contribution < 1.29 is 9.59 Å². The van der Waals surface area contributed by atoms with Crippen LogP contribution >= 0.6 is 15.9 Å². The zero-order valence-corrected chi connectivity index (χ0v) is 12.4. The number of hydrogen-bond donors (Lipinski definition) is 2. The van der Waals surface area contributed by atoms with Gasteiger partial charge in [0.1, 0.15) is 5.82 Å². The maximum Gasteiger partial charge on any atom is 0.261 e. The number of nitrogens with two attached hydrogens (primary N) is 1. The lowest BCUT2D eigenvalue weighted by Crippen LogP contribution is -2.29. The molecule has 0 radical (unpaired) electrons. The number of carbonyl (C=O) groups excluding carboxylic acids is 2. The second-order valence-corrected chi connectivity index (χ2v) is 5.50. The molecule has 0 spiro atoms. The van der Waals surface area contributed by atoms with Gasteiger partial charge in [-0.05, 0) is 35.9 Å². The minimum Gasteiger partial charge on any atom is -0.308 e. The largest absolute Gasteiger partial charge is 0.308 e. The number of hydrogen-bond acceptors (Lipinski definition) is 5. The highest BCUT2D eigenvalue weighted by Crippen LogP contribution is 2.27. The standard InChI is InChI=1S/C14H11BrN4O2/c15-9-1-2-10-11(6-9)14(21)19(13(10)20)7-8-3-4-17-12(5-8)18-16/h1-6H,7,16H2,(H,17,18). The first-order valence-corrected chi connectivity index (χ1v) is 6.97. The summed E-state index contributed by atoms with van der Waals surface area (Å²) in [6, 6.07) is 8.49. The van der Waals surface area contributed by atoms with Gasteiger partial charge in [-0.1, -0.05) is 15.9 Å². The Morgan fingerprint density at radius 3 is 2.67 bits per heavy atom. The predicted molar refractivity (Wildman–Crippen MR) is 80.4 cm³/mol.